The van der Waals surface area contributed by atoms with Crippen LogP contribution in [0.4, 0.5) is 0 Å². The molecule has 0 spiro atoms. The molecule has 6 heteroatoms. The van der Waals surface area contributed by atoms with Gasteiger partial charge in [0, 0.05) is 32.1 Å². The van der Waals surface area contributed by atoms with Crippen molar-refractivity contribution >= 4 is 21.5 Å². The van der Waals surface area contributed by atoms with Crippen LogP contribution in [-0.2, 0) is 14.8 Å². The van der Waals surface area contributed by atoms with Crippen LogP contribution in [0.25, 0.3) is 5.57 Å². The topological polar surface area (TPSA) is 57.7 Å². The number of carbonyl (C=O) groups is 1. The lowest BCUT2D eigenvalue weighted by molar-refractivity contribution is -0.136. The van der Waals surface area contributed by atoms with Crippen LogP contribution in [0.5, 0.6) is 0 Å². The number of piperidine rings is 1. The lowest BCUT2D eigenvalue weighted by atomic mass is 9.94. The van der Waals surface area contributed by atoms with E-state index in [0.29, 0.717) is 37.4 Å². The molecule has 2 aliphatic heterocycles. The van der Waals surface area contributed by atoms with Gasteiger partial charge in [-0.25, -0.2) is 8.42 Å². The normalized spacial score (nSPS) is 18.6. The first kappa shape index (κ1) is 21.8. The number of benzene rings is 2. The quantitative estimate of drug-likeness (QED) is 0.724. The van der Waals surface area contributed by atoms with Crippen LogP contribution in [0, 0.1) is 19.8 Å². The average molecular weight is 439 g/mol. The summed E-state index contributed by atoms with van der Waals surface area (Å²) in [5, 5.41) is 0. The van der Waals surface area contributed by atoms with Crippen LogP contribution >= 0.6 is 0 Å². The first-order valence-corrected chi connectivity index (χ1v) is 12.4. The van der Waals surface area contributed by atoms with Gasteiger partial charge >= 0.3 is 0 Å². The third-order valence-corrected chi connectivity index (χ3v) is 8.48. The summed E-state index contributed by atoms with van der Waals surface area (Å²) >= 11 is 0. The minimum atomic E-state index is -3.52. The fourth-order valence-corrected chi connectivity index (χ4v) is 6.29. The number of sulfonamides is 1. The number of nitrogens with zero attached hydrogens (tertiary/aromatic N) is 2. The summed E-state index contributed by atoms with van der Waals surface area (Å²) in [7, 11) is -3.52. The summed E-state index contributed by atoms with van der Waals surface area (Å²) in [6, 6.07) is 15.7. The Morgan fingerprint density at radius 3 is 2.29 bits per heavy atom. The van der Waals surface area contributed by atoms with E-state index in [1.54, 1.807) is 6.07 Å². The molecule has 2 aliphatic rings. The molecular weight excluding hydrogens is 408 g/mol. The molecule has 1 saturated heterocycles. The van der Waals surface area contributed by atoms with Crippen LogP contribution in [0.15, 0.2) is 59.5 Å². The Bertz CT molecular complexity index is 1090. The van der Waals surface area contributed by atoms with E-state index in [1.807, 2.05) is 49.1 Å². The van der Waals surface area contributed by atoms with Crippen LogP contribution in [0.2, 0.25) is 0 Å². The molecule has 1 fully saturated rings. The van der Waals surface area contributed by atoms with Crippen molar-refractivity contribution in [1.82, 2.24) is 9.21 Å². The van der Waals surface area contributed by atoms with Gasteiger partial charge in [-0.3, -0.25) is 4.79 Å². The Morgan fingerprint density at radius 2 is 1.68 bits per heavy atom. The highest BCUT2D eigenvalue weighted by Crippen LogP contribution is 2.29. The molecule has 1 amide bonds. The average Bonchev–Trinajstić information content (AvgIpc) is 2.79. The van der Waals surface area contributed by atoms with Crippen LogP contribution in [0.3, 0.4) is 0 Å². The van der Waals surface area contributed by atoms with Gasteiger partial charge in [0.1, 0.15) is 0 Å². The molecule has 4 rings (SSSR count). The Hall–Kier alpha value is -2.44. The molecule has 5 nitrogen and oxygen atoms in total. The molecule has 0 N–H and O–H groups in total. The van der Waals surface area contributed by atoms with Crippen molar-refractivity contribution in [3.05, 3.63) is 71.3 Å². The zero-order valence-electron chi connectivity index (χ0n) is 18.3. The second-order valence-electron chi connectivity index (χ2n) is 8.58. The lowest BCUT2D eigenvalue weighted by Crippen LogP contribution is -2.45. The summed E-state index contributed by atoms with van der Waals surface area (Å²) in [5.74, 6) is 0.0594. The fourth-order valence-electron chi connectivity index (χ4n) is 4.61. The molecule has 2 aromatic rings. The molecule has 0 aliphatic carbocycles. The molecule has 0 atom stereocenters. The Morgan fingerprint density at radius 1 is 0.968 bits per heavy atom. The Balaban J connectivity index is 1.37. The minimum Gasteiger partial charge on any atom is -0.338 e. The Labute approximate surface area is 185 Å². The maximum Gasteiger partial charge on any atom is 0.243 e. The van der Waals surface area contributed by atoms with Gasteiger partial charge in [0.05, 0.1) is 4.90 Å². The zero-order chi connectivity index (χ0) is 22.0. The van der Waals surface area contributed by atoms with Crippen molar-refractivity contribution in [3.8, 4) is 0 Å². The van der Waals surface area contributed by atoms with E-state index in [9.17, 15) is 13.2 Å². The molecule has 2 aromatic carbocycles. The summed E-state index contributed by atoms with van der Waals surface area (Å²) < 4.78 is 27.7. The molecule has 0 saturated carbocycles. The van der Waals surface area contributed by atoms with Gasteiger partial charge in [-0.1, -0.05) is 54.1 Å². The molecule has 2 heterocycles. The smallest absolute Gasteiger partial charge is 0.243 e. The maximum absolute atomic E-state index is 13.1. The summed E-state index contributed by atoms with van der Waals surface area (Å²) in [5.41, 5.74) is 4.33. The molecule has 0 aromatic heterocycles. The Kier molecular flexibility index (Phi) is 6.30. The minimum absolute atomic E-state index is 0.0998. The first-order valence-electron chi connectivity index (χ1n) is 11.0. The van der Waals surface area contributed by atoms with Crippen LogP contribution < -0.4 is 0 Å². The van der Waals surface area contributed by atoms with Gasteiger partial charge in [-0.2, -0.15) is 4.31 Å². The largest absolute Gasteiger partial charge is 0.338 e. The third-order valence-electron chi connectivity index (χ3n) is 6.42. The van der Waals surface area contributed by atoms with Gasteiger partial charge in [-0.05, 0) is 55.9 Å². The molecule has 31 heavy (non-hydrogen) atoms. The van der Waals surface area contributed by atoms with Crippen molar-refractivity contribution in [2.75, 3.05) is 26.2 Å². The van der Waals surface area contributed by atoms with Crippen LogP contribution in [0.1, 0.15) is 36.0 Å². The monoisotopic (exact) mass is 438 g/mol. The van der Waals surface area contributed by atoms with Gasteiger partial charge in [-0.15, -0.1) is 0 Å². The predicted octanol–water partition coefficient (Wildman–Crippen LogP) is 4.02. The van der Waals surface area contributed by atoms with E-state index < -0.39 is 10.0 Å². The number of amides is 1. The first-order chi connectivity index (χ1) is 14.9. The van der Waals surface area contributed by atoms with E-state index in [1.165, 1.54) is 15.4 Å². The van der Waals surface area contributed by atoms with E-state index in [0.717, 1.165) is 24.1 Å². The van der Waals surface area contributed by atoms with Crippen molar-refractivity contribution in [2.24, 2.45) is 5.92 Å². The standard InChI is InChI=1S/C25H30N2O3S/c1-19-8-9-24(20(2)18-19)31(29,30)27-16-12-23(13-17-27)25(28)26-14-10-22(11-15-26)21-6-4-3-5-7-21/h3-10,18,23H,11-17H2,1-2H3. The molecule has 0 unspecified atom stereocenters. The third kappa shape index (κ3) is 4.60. The van der Waals surface area contributed by atoms with Gasteiger partial charge in [0.25, 0.3) is 0 Å². The molecule has 0 radical (unpaired) electrons. The van der Waals surface area contributed by atoms with Crippen molar-refractivity contribution in [2.45, 2.75) is 38.0 Å². The number of hydrogen-bond donors (Lipinski definition) is 0. The van der Waals surface area contributed by atoms with E-state index in [4.69, 9.17) is 0 Å². The number of carbonyl (C=O) groups excluding carboxylic acids is 1. The van der Waals surface area contributed by atoms with Gasteiger partial charge in [0.2, 0.25) is 15.9 Å². The molecule has 164 valence electrons. The number of aryl methyl sites for hydroxylation is 2. The highest BCUT2D eigenvalue weighted by molar-refractivity contribution is 7.89. The number of hydrogen-bond acceptors (Lipinski definition) is 3. The fraction of sp³-hybridized carbons (Fsp3) is 0.400. The van der Waals surface area contributed by atoms with Gasteiger partial charge < -0.3 is 4.90 Å². The van der Waals surface area contributed by atoms with Crippen LogP contribution in [-0.4, -0.2) is 49.7 Å². The SMILES string of the molecule is Cc1ccc(S(=O)(=O)N2CCC(C(=O)N3CC=C(c4ccccc4)CC3)CC2)c(C)c1. The van der Waals surface area contributed by atoms with Crippen molar-refractivity contribution in [1.29, 1.82) is 0 Å². The maximum atomic E-state index is 13.1. The van der Waals surface area contributed by atoms with Gasteiger partial charge in [0.15, 0.2) is 0 Å². The molecule has 0 bridgehead atoms. The van der Waals surface area contributed by atoms with Crippen molar-refractivity contribution in [3.63, 3.8) is 0 Å². The predicted molar refractivity (Wildman–Crippen MR) is 123 cm³/mol. The van der Waals surface area contributed by atoms with Crippen molar-refractivity contribution < 1.29 is 13.2 Å². The molecular formula is C25H30N2O3S. The second kappa shape index (κ2) is 8.97. The second-order valence-corrected chi connectivity index (χ2v) is 10.5. The lowest BCUT2D eigenvalue weighted by Gasteiger charge is -2.35. The van der Waals surface area contributed by atoms with E-state index >= 15 is 0 Å². The summed E-state index contributed by atoms with van der Waals surface area (Å²) in [6.07, 6.45) is 4.16. The number of rotatable bonds is 4. The summed E-state index contributed by atoms with van der Waals surface area (Å²) in [4.78, 5) is 15.3. The van der Waals surface area contributed by atoms with E-state index in [2.05, 4.69) is 18.2 Å². The zero-order valence-corrected chi connectivity index (χ0v) is 19.1. The van der Waals surface area contributed by atoms with E-state index in [-0.39, 0.29) is 11.8 Å². The highest BCUT2D eigenvalue weighted by atomic mass is 32.2. The summed E-state index contributed by atoms with van der Waals surface area (Å²) in [6.45, 7) is 5.93. The highest BCUT2D eigenvalue weighted by Gasteiger charge is 2.34.